The van der Waals surface area contributed by atoms with Gasteiger partial charge in [0.2, 0.25) is 5.95 Å². The Morgan fingerprint density at radius 1 is 1.12 bits per heavy atom. The summed E-state index contributed by atoms with van der Waals surface area (Å²) >= 11 is 0. The van der Waals surface area contributed by atoms with E-state index in [1.54, 1.807) is 12.4 Å². The second-order valence-electron chi connectivity index (χ2n) is 5.35. The lowest BCUT2D eigenvalue weighted by atomic mass is 10.2. The maximum atomic E-state index is 11.8. The average Bonchev–Trinajstić information content (AvgIpc) is 2.66. The van der Waals surface area contributed by atoms with Gasteiger partial charge in [0.15, 0.2) is 0 Å². The van der Waals surface area contributed by atoms with Crippen LogP contribution >= 0.6 is 0 Å². The fraction of sp³-hybridized carbons (Fsp3) is 0.167. The van der Waals surface area contributed by atoms with E-state index in [0.717, 1.165) is 16.9 Å². The van der Waals surface area contributed by atoms with Crippen molar-refractivity contribution in [3.63, 3.8) is 0 Å². The predicted molar refractivity (Wildman–Crippen MR) is 96.4 cm³/mol. The number of aromatic nitrogens is 3. The van der Waals surface area contributed by atoms with Gasteiger partial charge in [-0.2, -0.15) is 4.98 Å². The normalized spacial score (nSPS) is 10.4. The Balaban J connectivity index is 1.69. The molecule has 2 heterocycles. The average molecular weight is 337 g/mol. The molecule has 0 aliphatic carbocycles. The number of pyridine rings is 1. The van der Waals surface area contributed by atoms with Gasteiger partial charge in [-0.05, 0) is 29.8 Å². The first-order valence-electron chi connectivity index (χ1n) is 7.92. The van der Waals surface area contributed by atoms with E-state index < -0.39 is 0 Å². The number of aromatic amines is 1. The third-order valence-corrected chi connectivity index (χ3v) is 3.50. The van der Waals surface area contributed by atoms with Crippen LogP contribution in [0.4, 0.5) is 5.95 Å². The lowest BCUT2D eigenvalue weighted by molar-refractivity contribution is 0.328. The maximum absolute atomic E-state index is 11.8. The fourth-order valence-electron chi connectivity index (χ4n) is 2.29. The van der Waals surface area contributed by atoms with Gasteiger partial charge in [0, 0.05) is 37.1 Å². The number of hydrogen-bond acceptors (Lipinski definition) is 6. The van der Waals surface area contributed by atoms with E-state index in [1.807, 2.05) is 36.4 Å². The highest BCUT2D eigenvalue weighted by Crippen LogP contribution is 2.16. The van der Waals surface area contributed by atoms with Crippen molar-refractivity contribution in [3.05, 3.63) is 70.8 Å². The van der Waals surface area contributed by atoms with Gasteiger partial charge in [-0.1, -0.05) is 12.1 Å². The highest BCUT2D eigenvalue weighted by atomic mass is 16.5. The number of benzene rings is 1. The molecule has 0 radical (unpaired) electrons. The van der Waals surface area contributed by atoms with Gasteiger partial charge in [0.25, 0.3) is 5.56 Å². The van der Waals surface area contributed by atoms with Gasteiger partial charge in [-0.3, -0.25) is 9.78 Å². The van der Waals surface area contributed by atoms with E-state index >= 15 is 0 Å². The molecular weight excluding hydrogens is 318 g/mol. The van der Waals surface area contributed by atoms with Crippen LogP contribution < -0.4 is 21.3 Å². The molecule has 0 saturated carbocycles. The van der Waals surface area contributed by atoms with E-state index in [0.29, 0.717) is 31.3 Å². The summed E-state index contributed by atoms with van der Waals surface area (Å²) in [7, 11) is 0. The Morgan fingerprint density at radius 2 is 1.88 bits per heavy atom. The number of nitrogens with zero attached hydrogens (tertiary/aromatic N) is 2. The molecule has 7 heteroatoms. The Hall–Kier alpha value is -3.19. The highest BCUT2D eigenvalue weighted by Gasteiger charge is 2.03. The molecule has 4 N–H and O–H groups in total. The van der Waals surface area contributed by atoms with E-state index in [4.69, 9.17) is 10.5 Å². The Labute approximate surface area is 144 Å². The number of anilines is 1. The molecule has 7 nitrogen and oxygen atoms in total. The zero-order valence-corrected chi connectivity index (χ0v) is 13.6. The molecule has 0 spiro atoms. The third kappa shape index (κ3) is 4.65. The molecular formula is C18H19N5O2. The minimum absolute atomic E-state index is 0.307. The summed E-state index contributed by atoms with van der Waals surface area (Å²) in [6.07, 6.45) is 3.35. The zero-order chi connectivity index (χ0) is 17.5. The SMILES string of the molecule is NCCOc1ccc(CNc2nc(=O)cc(-c3ccncc3)[nH]2)cc1. The van der Waals surface area contributed by atoms with Gasteiger partial charge in [-0.25, -0.2) is 0 Å². The van der Waals surface area contributed by atoms with Crippen LogP contribution in [-0.4, -0.2) is 28.1 Å². The number of nitrogens with two attached hydrogens (primary N) is 1. The van der Waals surface area contributed by atoms with Crippen LogP contribution in [0.25, 0.3) is 11.3 Å². The number of rotatable bonds is 7. The van der Waals surface area contributed by atoms with Gasteiger partial charge in [-0.15, -0.1) is 0 Å². The van der Waals surface area contributed by atoms with E-state index in [-0.39, 0.29) is 5.56 Å². The van der Waals surface area contributed by atoms with Crippen LogP contribution in [-0.2, 0) is 6.54 Å². The van der Waals surface area contributed by atoms with Crippen molar-refractivity contribution in [1.82, 2.24) is 15.0 Å². The van der Waals surface area contributed by atoms with Crippen LogP contribution in [0.5, 0.6) is 5.75 Å². The molecule has 0 unspecified atom stereocenters. The smallest absolute Gasteiger partial charge is 0.275 e. The molecule has 128 valence electrons. The largest absolute Gasteiger partial charge is 0.492 e. The minimum atomic E-state index is -0.307. The molecule has 0 fully saturated rings. The van der Waals surface area contributed by atoms with Gasteiger partial charge in [0.05, 0.1) is 5.69 Å². The van der Waals surface area contributed by atoms with Crippen molar-refractivity contribution < 1.29 is 4.74 Å². The van der Waals surface area contributed by atoms with Crippen molar-refractivity contribution in [2.75, 3.05) is 18.5 Å². The molecule has 0 aliphatic rings. The summed E-state index contributed by atoms with van der Waals surface area (Å²) in [5.74, 6) is 1.20. The summed E-state index contributed by atoms with van der Waals surface area (Å²) in [6.45, 7) is 1.50. The molecule has 0 bridgehead atoms. The number of nitrogens with one attached hydrogen (secondary N) is 2. The first-order chi connectivity index (χ1) is 12.2. The van der Waals surface area contributed by atoms with Crippen molar-refractivity contribution in [1.29, 1.82) is 0 Å². The van der Waals surface area contributed by atoms with Crippen LogP contribution in [0.1, 0.15) is 5.56 Å². The molecule has 0 saturated heterocycles. The summed E-state index contributed by atoms with van der Waals surface area (Å²) in [5.41, 5.74) is 7.71. The monoisotopic (exact) mass is 337 g/mol. The highest BCUT2D eigenvalue weighted by molar-refractivity contribution is 5.59. The first kappa shape index (κ1) is 16.7. The van der Waals surface area contributed by atoms with Gasteiger partial charge in [0.1, 0.15) is 12.4 Å². The molecule has 0 aliphatic heterocycles. The van der Waals surface area contributed by atoms with Gasteiger partial charge < -0.3 is 20.8 Å². The minimum Gasteiger partial charge on any atom is -0.492 e. The van der Waals surface area contributed by atoms with Crippen molar-refractivity contribution in [3.8, 4) is 17.0 Å². The summed E-state index contributed by atoms with van der Waals surface area (Å²) < 4.78 is 5.44. The number of ether oxygens (including phenoxy) is 1. The quantitative estimate of drug-likeness (QED) is 0.607. The summed E-state index contributed by atoms with van der Waals surface area (Å²) in [6, 6.07) is 12.8. The lowest BCUT2D eigenvalue weighted by Gasteiger charge is -2.09. The van der Waals surface area contributed by atoms with Crippen LogP contribution in [0.15, 0.2) is 59.7 Å². The molecule has 3 rings (SSSR count). The summed E-state index contributed by atoms with van der Waals surface area (Å²) in [5, 5.41) is 3.13. The molecule has 25 heavy (non-hydrogen) atoms. The molecule has 2 aromatic heterocycles. The van der Waals surface area contributed by atoms with Crippen molar-refractivity contribution >= 4 is 5.95 Å². The van der Waals surface area contributed by atoms with Crippen LogP contribution in [0, 0.1) is 0 Å². The maximum Gasteiger partial charge on any atom is 0.275 e. The zero-order valence-electron chi connectivity index (χ0n) is 13.6. The van der Waals surface area contributed by atoms with Crippen molar-refractivity contribution in [2.24, 2.45) is 5.73 Å². The molecule has 3 aromatic rings. The Morgan fingerprint density at radius 3 is 2.60 bits per heavy atom. The first-order valence-corrected chi connectivity index (χ1v) is 7.92. The molecule has 1 aromatic carbocycles. The van der Waals surface area contributed by atoms with Gasteiger partial charge >= 0.3 is 0 Å². The standard InChI is InChI=1S/C18H19N5O2/c19-7-10-25-15-3-1-13(2-4-15)12-21-18-22-16(11-17(24)23-18)14-5-8-20-9-6-14/h1-6,8-9,11H,7,10,12,19H2,(H2,21,22,23,24). The number of H-pyrrole nitrogens is 1. The van der Waals surface area contributed by atoms with E-state index in [9.17, 15) is 4.79 Å². The number of hydrogen-bond donors (Lipinski definition) is 3. The predicted octanol–water partition coefficient (Wildman–Crippen LogP) is 1.78. The third-order valence-electron chi connectivity index (χ3n) is 3.50. The second-order valence-corrected chi connectivity index (χ2v) is 5.35. The summed E-state index contributed by atoms with van der Waals surface area (Å²) in [4.78, 5) is 22.9. The van der Waals surface area contributed by atoms with E-state index in [1.165, 1.54) is 6.07 Å². The lowest BCUT2D eigenvalue weighted by Crippen LogP contribution is -2.13. The Bertz CT molecular complexity index is 863. The van der Waals surface area contributed by atoms with Crippen LogP contribution in [0.2, 0.25) is 0 Å². The molecule has 0 atom stereocenters. The second kappa shape index (κ2) is 8.07. The topological polar surface area (TPSA) is 106 Å². The van der Waals surface area contributed by atoms with E-state index in [2.05, 4.69) is 20.3 Å². The van der Waals surface area contributed by atoms with Crippen LogP contribution in [0.3, 0.4) is 0 Å². The fourth-order valence-corrected chi connectivity index (χ4v) is 2.29. The molecule has 0 amide bonds. The van der Waals surface area contributed by atoms with Crippen molar-refractivity contribution in [2.45, 2.75) is 6.54 Å². The Kier molecular flexibility index (Phi) is 5.38.